The predicted octanol–water partition coefficient (Wildman–Crippen LogP) is 3.83. The minimum absolute atomic E-state index is 0.0655. The van der Waals surface area contributed by atoms with Gasteiger partial charge in [-0.05, 0) is 35.6 Å². The summed E-state index contributed by atoms with van der Waals surface area (Å²) in [5.41, 5.74) is 2.49. The van der Waals surface area contributed by atoms with Crippen molar-refractivity contribution in [2.45, 2.75) is 26.3 Å². The highest BCUT2D eigenvalue weighted by Gasteiger charge is 2.32. The number of amides is 4. The van der Waals surface area contributed by atoms with Crippen molar-refractivity contribution < 1.29 is 19.2 Å². The molecular formula is C26H25N3O4. The topological polar surface area (TPSA) is 86.8 Å². The lowest BCUT2D eigenvalue weighted by molar-refractivity contribution is -0.128. The first-order valence-electron chi connectivity index (χ1n) is 10.8. The summed E-state index contributed by atoms with van der Waals surface area (Å²) in [6.45, 7) is 2.03. The summed E-state index contributed by atoms with van der Waals surface area (Å²) in [5.74, 6) is -0.943. The summed E-state index contributed by atoms with van der Waals surface area (Å²) < 4.78 is 0. The first-order valence-corrected chi connectivity index (χ1v) is 10.8. The van der Waals surface area contributed by atoms with E-state index in [1.807, 2.05) is 42.5 Å². The molecule has 0 radical (unpaired) electrons. The highest BCUT2D eigenvalue weighted by Crippen LogP contribution is 2.30. The molecule has 0 aromatic heterocycles. The van der Waals surface area contributed by atoms with Crippen LogP contribution in [0.3, 0.4) is 0 Å². The fraction of sp³-hybridized carbons (Fsp3) is 0.231. The van der Waals surface area contributed by atoms with E-state index in [0.717, 1.165) is 10.9 Å². The summed E-state index contributed by atoms with van der Waals surface area (Å²) in [5, 5.41) is 4.43. The monoisotopic (exact) mass is 443 g/mol. The molecule has 0 aliphatic carbocycles. The first-order chi connectivity index (χ1) is 15.9. The maximum Gasteiger partial charge on any atom is 0.261 e. The van der Waals surface area contributed by atoms with Gasteiger partial charge >= 0.3 is 0 Å². The van der Waals surface area contributed by atoms with Gasteiger partial charge in [0.25, 0.3) is 11.8 Å². The van der Waals surface area contributed by atoms with Gasteiger partial charge in [0.1, 0.15) is 0 Å². The molecule has 0 atom stereocenters. The van der Waals surface area contributed by atoms with E-state index in [9.17, 15) is 19.2 Å². The fourth-order valence-corrected chi connectivity index (χ4v) is 4.04. The summed E-state index contributed by atoms with van der Waals surface area (Å²) in [7, 11) is 1.70. The van der Waals surface area contributed by atoms with Crippen molar-refractivity contribution in [2.24, 2.45) is 0 Å². The van der Waals surface area contributed by atoms with Crippen LogP contribution in [-0.4, -0.2) is 47.0 Å². The van der Waals surface area contributed by atoms with Crippen molar-refractivity contribution in [1.82, 2.24) is 9.80 Å². The van der Waals surface area contributed by atoms with Crippen molar-refractivity contribution in [3.8, 4) is 0 Å². The van der Waals surface area contributed by atoms with E-state index in [1.54, 1.807) is 30.1 Å². The highest BCUT2D eigenvalue weighted by atomic mass is 16.2. The maximum atomic E-state index is 13.0. The second-order valence-corrected chi connectivity index (χ2v) is 8.16. The second-order valence-electron chi connectivity index (χ2n) is 8.16. The Labute approximate surface area is 192 Å². The number of carbonyl (C=O) groups is 4. The third-order valence-electron chi connectivity index (χ3n) is 5.88. The van der Waals surface area contributed by atoms with E-state index < -0.39 is 0 Å². The number of nitrogens with one attached hydrogen (secondary N) is 1. The highest BCUT2D eigenvalue weighted by molar-refractivity contribution is 6.25. The largest absolute Gasteiger partial charge is 0.342 e. The quantitative estimate of drug-likeness (QED) is 0.562. The van der Waals surface area contributed by atoms with E-state index in [2.05, 4.69) is 5.32 Å². The first kappa shape index (κ1) is 22.2. The maximum absolute atomic E-state index is 13.0. The Morgan fingerprint density at radius 1 is 0.909 bits per heavy atom. The summed E-state index contributed by atoms with van der Waals surface area (Å²) >= 11 is 0. The van der Waals surface area contributed by atoms with E-state index in [1.165, 1.54) is 11.8 Å². The van der Waals surface area contributed by atoms with Crippen LogP contribution >= 0.6 is 0 Å². The molecule has 0 fully saturated rings. The van der Waals surface area contributed by atoms with Gasteiger partial charge in [0.05, 0.1) is 0 Å². The van der Waals surface area contributed by atoms with Crippen molar-refractivity contribution >= 4 is 40.1 Å². The summed E-state index contributed by atoms with van der Waals surface area (Å²) in [4.78, 5) is 52.8. The molecule has 168 valence electrons. The van der Waals surface area contributed by atoms with Crippen LogP contribution < -0.4 is 5.32 Å². The lowest BCUT2D eigenvalue weighted by atomic mass is 9.94. The molecule has 0 spiro atoms. The van der Waals surface area contributed by atoms with Crippen LogP contribution in [0.1, 0.15) is 46.0 Å². The molecular weight excluding hydrogens is 418 g/mol. The molecule has 0 unspecified atom stereocenters. The Morgan fingerprint density at radius 3 is 2.18 bits per heavy atom. The average Bonchev–Trinajstić information content (AvgIpc) is 2.80. The lowest BCUT2D eigenvalue weighted by Crippen LogP contribution is -2.41. The zero-order chi connectivity index (χ0) is 23.5. The molecule has 1 aliphatic rings. The van der Waals surface area contributed by atoms with Crippen LogP contribution in [0.5, 0.6) is 0 Å². The fourth-order valence-electron chi connectivity index (χ4n) is 4.04. The van der Waals surface area contributed by atoms with Gasteiger partial charge in [0, 0.05) is 55.7 Å². The van der Waals surface area contributed by atoms with Crippen LogP contribution in [0, 0.1) is 0 Å². The van der Waals surface area contributed by atoms with Crippen molar-refractivity contribution in [2.75, 3.05) is 18.9 Å². The van der Waals surface area contributed by atoms with Gasteiger partial charge in [-0.1, -0.05) is 42.5 Å². The molecule has 3 aromatic rings. The Kier molecular flexibility index (Phi) is 6.22. The third kappa shape index (κ3) is 4.48. The number of para-hydroxylation sites is 1. The molecule has 7 nitrogen and oxygen atoms in total. The molecule has 4 rings (SSSR count). The van der Waals surface area contributed by atoms with E-state index in [4.69, 9.17) is 0 Å². The molecule has 3 aromatic carbocycles. The van der Waals surface area contributed by atoms with Crippen molar-refractivity contribution in [3.05, 3.63) is 77.4 Å². The average molecular weight is 444 g/mol. The number of rotatable bonds is 7. The number of benzene rings is 3. The van der Waals surface area contributed by atoms with Gasteiger partial charge in [-0.25, -0.2) is 0 Å². The Balaban J connectivity index is 1.40. The van der Waals surface area contributed by atoms with Crippen molar-refractivity contribution in [3.63, 3.8) is 0 Å². The lowest BCUT2D eigenvalue weighted by Gasteiger charge is -2.27. The standard InChI is InChI=1S/C26H25N3O4/c1-17(30)28(2)16-19-8-3-4-13-22(19)27-23(31)14-7-15-29-25(32)20-11-5-9-18-10-6-12-21(24(18)20)26(29)33/h3-6,8-13H,7,14-16H2,1-2H3,(H,27,31). The van der Waals surface area contributed by atoms with Gasteiger partial charge in [-0.15, -0.1) is 0 Å². The zero-order valence-electron chi connectivity index (χ0n) is 18.6. The third-order valence-corrected chi connectivity index (χ3v) is 5.88. The van der Waals surface area contributed by atoms with Crippen LogP contribution in [0.4, 0.5) is 5.69 Å². The molecule has 0 bridgehead atoms. The van der Waals surface area contributed by atoms with E-state index in [-0.39, 0.29) is 36.6 Å². The number of hydrogen-bond acceptors (Lipinski definition) is 4. The molecule has 7 heteroatoms. The second kappa shape index (κ2) is 9.24. The predicted molar refractivity (Wildman–Crippen MR) is 126 cm³/mol. The zero-order valence-corrected chi connectivity index (χ0v) is 18.6. The number of hydrogen-bond donors (Lipinski definition) is 1. The number of anilines is 1. The normalized spacial score (nSPS) is 12.7. The minimum Gasteiger partial charge on any atom is -0.342 e. The van der Waals surface area contributed by atoms with Gasteiger partial charge in [-0.2, -0.15) is 0 Å². The minimum atomic E-state index is -0.331. The molecule has 1 aliphatic heterocycles. The van der Waals surface area contributed by atoms with Gasteiger partial charge in [0.2, 0.25) is 11.8 Å². The number of imide groups is 1. The Hall–Kier alpha value is -4.00. The van der Waals surface area contributed by atoms with Crippen LogP contribution in [0.15, 0.2) is 60.7 Å². The smallest absolute Gasteiger partial charge is 0.261 e. The molecule has 0 saturated carbocycles. The van der Waals surface area contributed by atoms with Crippen molar-refractivity contribution in [1.29, 1.82) is 0 Å². The van der Waals surface area contributed by atoms with Crippen LogP contribution in [0.2, 0.25) is 0 Å². The summed E-state index contributed by atoms with van der Waals surface area (Å²) in [6, 6.07) is 18.2. The van der Waals surface area contributed by atoms with E-state index >= 15 is 0 Å². The van der Waals surface area contributed by atoms with E-state index in [0.29, 0.717) is 35.2 Å². The van der Waals surface area contributed by atoms with Gasteiger partial charge < -0.3 is 10.2 Å². The Bertz CT molecular complexity index is 1220. The molecule has 0 saturated heterocycles. The van der Waals surface area contributed by atoms with Crippen LogP contribution in [-0.2, 0) is 16.1 Å². The molecule has 33 heavy (non-hydrogen) atoms. The number of nitrogens with zero attached hydrogens (tertiary/aromatic N) is 2. The summed E-state index contributed by atoms with van der Waals surface area (Å²) in [6.07, 6.45) is 0.497. The van der Waals surface area contributed by atoms with Gasteiger partial charge in [-0.3, -0.25) is 24.1 Å². The van der Waals surface area contributed by atoms with Gasteiger partial charge in [0.15, 0.2) is 0 Å². The number of carbonyl (C=O) groups excluding carboxylic acids is 4. The van der Waals surface area contributed by atoms with Crippen LogP contribution in [0.25, 0.3) is 10.8 Å². The Morgan fingerprint density at radius 2 is 1.55 bits per heavy atom. The molecule has 4 amide bonds. The molecule has 1 heterocycles. The SMILES string of the molecule is CC(=O)N(C)Cc1ccccc1NC(=O)CCCN1C(=O)c2cccc3cccc(c23)C1=O. The molecule has 1 N–H and O–H groups in total.